The van der Waals surface area contributed by atoms with Crippen LogP contribution in [0, 0.1) is 28.8 Å². The summed E-state index contributed by atoms with van der Waals surface area (Å²) in [6, 6.07) is 6.62. The molecule has 25 heteroatoms. The Hall–Kier alpha value is -6.53. The second kappa shape index (κ2) is 21.4. The number of piperidine rings is 2. The molecule has 2 aliphatic carbocycles. The molecule has 378 valence electrons. The van der Waals surface area contributed by atoms with E-state index < -0.39 is 35.0 Å². The highest BCUT2D eigenvalue weighted by Crippen LogP contribution is 2.46. The highest BCUT2D eigenvalue weighted by molar-refractivity contribution is 6.28. The number of nitrogen functional groups attached to an aromatic ring is 1. The topological polar surface area (TPSA) is 241 Å². The van der Waals surface area contributed by atoms with Crippen molar-refractivity contribution >= 4 is 52.3 Å². The number of hydrogen-bond donors (Lipinski definition) is 6. The van der Waals surface area contributed by atoms with Crippen LogP contribution >= 0.6 is 11.6 Å². The minimum absolute atomic E-state index is 0.0581. The maximum absolute atomic E-state index is 15.1. The molecule has 2 amide bonds. The lowest BCUT2D eigenvalue weighted by atomic mass is 9.97. The fourth-order valence-corrected chi connectivity index (χ4v) is 10.2. The van der Waals surface area contributed by atoms with Crippen LogP contribution in [-0.4, -0.2) is 113 Å². The van der Waals surface area contributed by atoms with E-state index in [1.54, 1.807) is 0 Å². The zero-order valence-corrected chi connectivity index (χ0v) is 40.1. The maximum atomic E-state index is 15.1. The van der Waals surface area contributed by atoms with Gasteiger partial charge in [0.05, 0.1) is 35.1 Å². The molecule has 0 spiro atoms. The molecule has 2 saturated carbocycles. The first kappa shape index (κ1) is 49.5. The molecule has 20 nitrogen and oxygen atoms in total. The van der Waals surface area contributed by atoms with Crippen molar-refractivity contribution in [2.75, 3.05) is 59.9 Å². The van der Waals surface area contributed by atoms with Crippen molar-refractivity contribution in [2.45, 2.75) is 113 Å². The van der Waals surface area contributed by atoms with Crippen molar-refractivity contribution in [1.29, 1.82) is 5.53 Å². The summed E-state index contributed by atoms with van der Waals surface area (Å²) in [4.78, 5) is 44.9. The van der Waals surface area contributed by atoms with Crippen LogP contribution in [0.5, 0.6) is 0 Å². The van der Waals surface area contributed by atoms with Crippen LogP contribution in [0.3, 0.4) is 0 Å². The number of halogens is 5. The monoisotopic (exact) mass is 1000 g/mol. The number of carbonyl (C=O) groups excluding carboxylic acids is 1. The van der Waals surface area contributed by atoms with Gasteiger partial charge in [-0.3, -0.25) is 0 Å². The Labute approximate surface area is 411 Å². The van der Waals surface area contributed by atoms with E-state index in [0.717, 1.165) is 97.8 Å². The number of rotatable bonds is 11. The van der Waals surface area contributed by atoms with E-state index in [-0.39, 0.29) is 58.2 Å². The minimum atomic E-state index is -0.557. The largest absolute Gasteiger partial charge is 0.396 e. The van der Waals surface area contributed by atoms with E-state index in [9.17, 15) is 22.8 Å². The SMILES string of the molecule is CNC(=O)N(N=N)c1cc(N)c(F)cc1C1CC1.Cn1nnn(-c2cc(Nc3ncc(F)c(NC4CCN5CCCC5C4)n3)c(F)cc2C2CC2)c1=O.Fc1cnc(Cl)nc1NC1CCN2CCCC2C1. The second-order valence-corrected chi connectivity index (χ2v) is 19.2. The third-order valence-corrected chi connectivity index (χ3v) is 14.2. The molecular weight excluding hydrogens is 948 g/mol. The first-order valence-electron chi connectivity index (χ1n) is 24.1. The fraction of sp³-hybridized carbons (Fsp3) is 0.522. The van der Waals surface area contributed by atoms with Crippen molar-refractivity contribution in [2.24, 2.45) is 12.3 Å². The summed E-state index contributed by atoms with van der Waals surface area (Å²) >= 11 is 5.69. The van der Waals surface area contributed by atoms with Gasteiger partial charge in [0.15, 0.2) is 23.3 Å². The van der Waals surface area contributed by atoms with Gasteiger partial charge in [-0.1, -0.05) is 5.22 Å². The number of aromatic nitrogens is 8. The van der Waals surface area contributed by atoms with E-state index in [1.165, 1.54) is 70.6 Å². The van der Waals surface area contributed by atoms with Gasteiger partial charge in [-0.25, -0.2) is 37.1 Å². The third kappa shape index (κ3) is 11.5. The average molecular weight is 1010 g/mol. The van der Waals surface area contributed by atoms with Crippen molar-refractivity contribution in [3.63, 3.8) is 0 Å². The van der Waals surface area contributed by atoms with Crippen LogP contribution in [0.2, 0.25) is 5.28 Å². The summed E-state index contributed by atoms with van der Waals surface area (Å²) in [6.45, 7) is 4.43. The van der Waals surface area contributed by atoms with Gasteiger partial charge in [0, 0.05) is 51.4 Å². The number of benzene rings is 2. The molecule has 6 aliphatic rings. The number of carbonyl (C=O) groups is 1. The first-order valence-corrected chi connectivity index (χ1v) is 24.4. The van der Waals surface area contributed by atoms with Crippen LogP contribution in [0.15, 0.2) is 46.7 Å². The normalized spacial score (nSPS) is 21.7. The summed E-state index contributed by atoms with van der Waals surface area (Å²) in [5.41, 5.74) is 14.3. The Balaban J connectivity index is 0.000000146. The van der Waals surface area contributed by atoms with E-state index in [2.05, 4.69) is 66.7 Å². The van der Waals surface area contributed by atoms with Crippen LogP contribution < -0.4 is 37.7 Å². The molecule has 5 aromatic rings. The van der Waals surface area contributed by atoms with E-state index in [4.69, 9.17) is 22.9 Å². The number of urea groups is 1. The number of anilines is 6. The predicted molar refractivity (Wildman–Crippen MR) is 258 cm³/mol. The molecule has 2 aromatic carbocycles. The highest BCUT2D eigenvalue weighted by Gasteiger charge is 2.35. The van der Waals surface area contributed by atoms with Crippen molar-refractivity contribution < 1.29 is 22.4 Å². The highest BCUT2D eigenvalue weighted by atomic mass is 35.5. The molecule has 7 heterocycles. The number of amides is 2. The smallest absolute Gasteiger partial charge is 0.368 e. The van der Waals surface area contributed by atoms with Crippen molar-refractivity contribution in [3.8, 4) is 5.69 Å². The molecule has 7 N–H and O–H groups in total. The number of nitrogens with zero attached hydrogens (tertiary/aromatic N) is 12. The number of nitrogens with one attached hydrogen (secondary N) is 5. The number of tetrazole rings is 1. The Kier molecular flexibility index (Phi) is 14.9. The number of hydrogen-bond acceptors (Lipinski definition) is 16. The average Bonchev–Trinajstić information content (AvgIpc) is 4.27. The molecule has 6 fully saturated rings. The van der Waals surface area contributed by atoms with E-state index in [0.29, 0.717) is 34.6 Å². The van der Waals surface area contributed by atoms with Gasteiger partial charge in [0.1, 0.15) is 11.6 Å². The molecule has 4 unspecified atom stereocenters. The minimum Gasteiger partial charge on any atom is -0.396 e. The molecule has 3 aromatic heterocycles. The fourth-order valence-electron chi connectivity index (χ4n) is 10.0. The zero-order chi connectivity index (χ0) is 49.9. The zero-order valence-electron chi connectivity index (χ0n) is 39.4. The maximum Gasteiger partial charge on any atom is 0.368 e. The summed E-state index contributed by atoms with van der Waals surface area (Å²) in [7, 11) is 2.94. The molecule has 11 rings (SSSR count). The van der Waals surface area contributed by atoms with Gasteiger partial charge in [-0.05, 0) is 159 Å². The third-order valence-electron chi connectivity index (χ3n) is 14.0. The van der Waals surface area contributed by atoms with Gasteiger partial charge in [-0.2, -0.15) is 29.9 Å². The first-order chi connectivity index (χ1) is 34.3. The molecule has 0 radical (unpaired) electrons. The lowest BCUT2D eigenvalue weighted by molar-refractivity contribution is 0.187. The lowest BCUT2D eigenvalue weighted by Gasteiger charge is -2.35. The molecule has 0 bridgehead atoms. The molecule has 4 atom stereocenters. The Morgan fingerprint density at radius 2 is 1.37 bits per heavy atom. The van der Waals surface area contributed by atoms with Crippen LogP contribution in [-0.2, 0) is 7.05 Å². The van der Waals surface area contributed by atoms with Crippen molar-refractivity contribution in [1.82, 2.24) is 54.8 Å². The van der Waals surface area contributed by atoms with Gasteiger partial charge < -0.3 is 36.8 Å². The van der Waals surface area contributed by atoms with Crippen LogP contribution in [0.4, 0.5) is 57.0 Å². The lowest BCUT2D eigenvalue weighted by Crippen LogP contribution is -2.43. The van der Waals surface area contributed by atoms with E-state index in [1.807, 2.05) is 0 Å². The Morgan fingerprint density at radius 3 is 1.94 bits per heavy atom. The van der Waals surface area contributed by atoms with Crippen molar-refractivity contribution in [3.05, 3.63) is 86.8 Å². The van der Waals surface area contributed by atoms with Gasteiger partial charge in [-0.15, -0.1) is 0 Å². The predicted octanol–water partition coefficient (Wildman–Crippen LogP) is 7.38. The van der Waals surface area contributed by atoms with Gasteiger partial charge in [0.25, 0.3) is 0 Å². The van der Waals surface area contributed by atoms with E-state index >= 15 is 4.39 Å². The van der Waals surface area contributed by atoms with Gasteiger partial charge in [0.2, 0.25) is 11.2 Å². The number of nitrogens with two attached hydrogens (primary N) is 1. The molecular formula is C46H57ClF4N18O2. The summed E-state index contributed by atoms with van der Waals surface area (Å²) in [6.07, 6.45) is 14.8. The quantitative estimate of drug-likeness (QED) is 0.0249. The molecule has 71 heavy (non-hydrogen) atoms. The van der Waals surface area contributed by atoms with Gasteiger partial charge >= 0.3 is 11.7 Å². The Morgan fingerprint density at radius 1 is 0.775 bits per heavy atom. The summed E-state index contributed by atoms with van der Waals surface area (Å²) < 4.78 is 58.9. The summed E-state index contributed by atoms with van der Waals surface area (Å²) in [5.74, 6) is -1.25. The Bertz CT molecular complexity index is 2810. The van der Waals surface area contributed by atoms with Crippen LogP contribution in [0.25, 0.3) is 5.69 Å². The second-order valence-electron chi connectivity index (χ2n) is 18.9. The molecule has 4 saturated heterocycles. The molecule has 4 aliphatic heterocycles. The van der Waals surface area contributed by atoms with Crippen LogP contribution in [0.1, 0.15) is 100 Å². The summed E-state index contributed by atoms with van der Waals surface area (Å²) in [5, 5.41) is 23.4. The standard InChI is InChI=1S/C23H27F2N9O.C12H16ClFN4.C11H14FN5O/c1-32-23(35)34(31-30-32)20-11-19(17(24)10-16(20)13-4-5-13)28-22-26-12-18(25)21(29-22)27-14-6-8-33-7-2-3-15(33)9-14;13-12-15-7-10(14)11(17-12)16-8-3-5-18-4-1-2-9(18)6-8;1-15-11(18)17(16-14)10-5-9(13)8(12)4-7(10)6-2-3-6/h10-15H,2-9H2,1H3,(H2,26,27,28,29);7-9H,1-6H2,(H,15,16,17);4-6,14H,2-3,13H2,1H3,(H,15,18). The number of aryl methyl sites for hydroxylation is 1. The number of fused-ring (bicyclic) bond motifs is 2.